The number of nitrogens with zero attached hydrogens (tertiary/aromatic N) is 4. The first-order valence-electron chi connectivity index (χ1n) is 7.59. The Balaban J connectivity index is 2.74. The minimum Gasteiger partial charge on any atom is -0.464 e. The van der Waals surface area contributed by atoms with E-state index in [1.807, 2.05) is 0 Å². The molecule has 0 atom stereocenters. The molecule has 0 saturated heterocycles. The largest absolute Gasteiger partial charge is 0.464 e. The van der Waals surface area contributed by atoms with Gasteiger partial charge in [0, 0.05) is 17.1 Å². The molecule has 1 heterocycles. The van der Waals surface area contributed by atoms with Crippen molar-refractivity contribution in [3.63, 3.8) is 0 Å². The van der Waals surface area contributed by atoms with Gasteiger partial charge in [-0.3, -0.25) is 4.68 Å². The van der Waals surface area contributed by atoms with Gasteiger partial charge < -0.3 is 5.11 Å². The molecular formula is C17H20BrFN4O2. The van der Waals surface area contributed by atoms with Gasteiger partial charge in [-0.2, -0.15) is 15.2 Å². The number of benzene rings is 1. The van der Waals surface area contributed by atoms with E-state index in [0.717, 1.165) is 10.7 Å². The van der Waals surface area contributed by atoms with Crippen LogP contribution in [0.25, 0.3) is 0 Å². The molecule has 0 aliphatic rings. The summed E-state index contributed by atoms with van der Waals surface area (Å²) < 4.78 is 16.7. The molecular weight excluding hydrogens is 391 g/mol. The number of amides is 1. The molecule has 8 heteroatoms. The Kier molecular flexibility index (Phi) is 5.31. The second-order valence-corrected chi connectivity index (χ2v) is 7.55. The fourth-order valence-corrected chi connectivity index (χ4v) is 2.67. The fourth-order valence-electron chi connectivity index (χ4n) is 2.34. The van der Waals surface area contributed by atoms with Gasteiger partial charge >= 0.3 is 6.09 Å². The lowest BCUT2D eigenvalue weighted by atomic mass is 10.1. The van der Waals surface area contributed by atoms with Crippen LogP contribution in [0.5, 0.6) is 0 Å². The highest BCUT2D eigenvalue weighted by Crippen LogP contribution is 2.22. The third-order valence-corrected chi connectivity index (χ3v) is 3.94. The summed E-state index contributed by atoms with van der Waals surface area (Å²) in [5, 5.41) is 19.0. The van der Waals surface area contributed by atoms with Crippen molar-refractivity contribution in [2.24, 2.45) is 12.1 Å². The van der Waals surface area contributed by atoms with Crippen molar-refractivity contribution in [1.82, 2.24) is 14.8 Å². The number of hydrogen-bond donors (Lipinski definition) is 1. The van der Waals surface area contributed by atoms with Crippen molar-refractivity contribution in [2.45, 2.75) is 33.2 Å². The third kappa shape index (κ3) is 4.25. The highest BCUT2D eigenvalue weighted by atomic mass is 79.9. The lowest BCUT2D eigenvalue weighted by Crippen LogP contribution is -2.42. The van der Waals surface area contributed by atoms with Crippen LogP contribution in [0.3, 0.4) is 0 Å². The van der Waals surface area contributed by atoms with Gasteiger partial charge in [-0.15, -0.1) is 0 Å². The molecule has 0 fully saturated rings. The van der Waals surface area contributed by atoms with Crippen LogP contribution >= 0.6 is 15.9 Å². The van der Waals surface area contributed by atoms with Crippen molar-refractivity contribution in [1.29, 1.82) is 0 Å². The molecule has 25 heavy (non-hydrogen) atoms. The lowest BCUT2D eigenvalue weighted by molar-refractivity contribution is 0.103. The van der Waals surface area contributed by atoms with Crippen molar-refractivity contribution < 1.29 is 14.3 Å². The molecule has 0 aliphatic heterocycles. The number of aromatic nitrogens is 2. The second kappa shape index (κ2) is 6.95. The number of rotatable bonds is 3. The first kappa shape index (κ1) is 19.1. The quantitative estimate of drug-likeness (QED) is 0.609. The molecule has 0 unspecified atom stereocenters. The average Bonchev–Trinajstić information content (AvgIpc) is 2.78. The highest BCUT2D eigenvalue weighted by Gasteiger charge is 2.28. The van der Waals surface area contributed by atoms with E-state index in [2.05, 4.69) is 26.1 Å². The molecule has 2 aromatic rings. The van der Waals surface area contributed by atoms with Gasteiger partial charge in [0.25, 0.3) is 0 Å². The van der Waals surface area contributed by atoms with Crippen molar-refractivity contribution in [2.75, 3.05) is 0 Å². The standard InChI is InChI=1S/C17H20BrFN4O2/c1-10-8-14(22(5)20-10)15(12-7-6-11(18)9-13(12)19)21-23(16(24)25)17(2,3)4/h6-9H,1-5H3,(H,24,25). The molecule has 0 bridgehead atoms. The van der Waals surface area contributed by atoms with E-state index in [1.165, 1.54) is 6.07 Å². The van der Waals surface area contributed by atoms with Crippen LogP contribution in [0.2, 0.25) is 0 Å². The van der Waals surface area contributed by atoms with E-state index >= 15 is 0 Å². The zero-order valence-corrected chi connectivity index (χ0v) is 16.3. The van der Waals surface area contributed by atoms with Crippen LogP contribution in [0.1, 0.15) is 37.7 Å². The van der Waals surface area contributed by atoms with Gasteiger partial charge in [-0.05, 0) is 52.0 Å². The summed E-state index contributed by atoms with van der Waals surface area (Å²) >= 11 is 3.22. The SMILES string of the molecule is Cc1cc(C(=NN(C(=O)O)C(C)(C)C)c2ccc(Br)cc2F)n(C)n1. The van der Waals surface area contributed by atoms with Crippen LogP contribution in [-0.4, -0.2) is 37.2 Å². The van der Waals surface area contributed by atoms with Gasteiger partial charge in [-0.25, -0.2) is 9.18 Å². The fraction of sp³-hybridized carbons (Fsp3) is 0.353. The summed E-state index contributed by atoms with van der Waals surface area (Å²) in [6.45, 7) is 6.95. The molecule has 1 amide bonds. The lowest BCUT2D eigenvalue weighted by Gasteiger charge is -2.29. The van der Waals surface area contributed by atoms with Gasteiger partial charge in [-0.1, -0.05) is 15.9 Å². The number of carbonyl (C=O) groups is 1. The van der Waals surface area contributed by atoms with Crippen LogP contribution in [0.4, 0.5) is 9.18 Å². The van der Waals surface area contributed by atoms with E-state index in [0.29, 0.717) is 10.2 Å². The third-order valence-electron chi connectivity index (χ3n) is 3.45. The number of aryl methyl sites for hydroxylation is 2. The summed E-state index contributed by atoms with van der Waals surface area (Å²) in [4.78, 5) is 11.7. The van der Waals surface area contributed by atoms with Gasteiger partial charge in [0.15, 0.2) is 0 Å². The Hall–Kier alpha value is -2.22. The molecule has 0 saturated carbocycles. The predicted octanol–water partition coefficient (Wildman–Crippen LogP) is 4.16. The Morgan fingerprint density at radius 2 is 2.00 bits per heavy atom. The molecule has 134 valence electrons. The number of hydrogen-bond acceptors (Lipinski definition) is 3. The van der Waals surface area contributed by atoms with E-state index < -0.39 is 17.4 Å². The highest BCUT2D eigenvalue weighted by molar-refractivity contribution is 9.10. The topological polar surface area (TPSA) is 70.7 Å². The van der Waals surface area contributed by atoms with Crippen molar-refractivity contribution in [3.8, 4) is 0 Å². The predicted molar refractivity (Wildman–Crippen MR) is 97.3 cm³/mol. The maximum atomic E-state index is 14.6. The molecule has 0 aliphatic carbocycles. The van der Waals surface area contributed by atoms with Gasteiger partial charge in [0.2, 0.25) is 0 Å². The molecule has 2 rings (SSSR count). The van der Waals surface area contributed by atoms with Crippen LogP contribution in [-0.2, 0) is 7.05 Å². The maximum Gasteiger partial charge on any atom is 0.428 e. The first-order valence-corrected chi connectivity index (χ1v) is 8.38. The summed E-state index contributed by atoms with van der Waals surface area (Å²) in [6.07, 6.45) is -1.22. The second-order valence-electron chi connectivity index (χ2n) is 6.63. The molecule has 0 radical (unpaired) electrons. The monoisotopic (exact) mass is 410 g/mol. The normalized spacial score (nSPS) is 12.4. The maximum absolute atomic E-state index is 14.6. The van der Waals surface area contributed by atoms with E-state index in [4.69, 9.17) is 0 Å². The zero-order valence-electron chi connectivity index (χ0n) is 14.7. The van der Waals surface area contributed by atoms with Crippen LogP contribution < -0.4 is 0 Å². The minimum absolute atomic E-state index is 0.196. The Bertz CT molecular complexity index is 840. The summed E-state index contributed by atoms with van der Waals surface area (Å²) in [5.74, 6) is -0.508. The molecule has 1 aromatic heterocycles. The van der Waals surface area contributed by atoms with Gasteiger partial charge in [0.05, 0.1) is 16.9 Å². The molecule has 1 aromatic carbocycles. The van der Waals surface area contributed by atoms with Crippen molar-refractivity contribution in [3.05, 3.63) is 51.5 Å². The van der Waals surface area contributed by atoms with E-state index in [1.54, 1.807) is 57.6 Å². The zero-order chi connectivity index (χ0) is 18.9. The van der Waals surface area contributed by atoms with Gasteiger partial charge in [0.1, 0.15) is 11.5 Å². The first-order chi connectivity index (χ1) is 11.5. The molecule has 0 spiro atoms. The van der Waals surface area contributed by atoms with Crippen LogP contribution in [0.15, 0.2) is 33.8 Å². The Morgan fingerprint density at radius 3 is 2.44 bits per heavy atom. The van der Waals surface area contributed by atoms with Crippen molar-refractivity contribution >= 4 is 27.7 Å². The summed E-state index contributed by atoms with van der Waals surface area (Å²) in [5.41, 5.74) is 0.845. The Morgan fingerprint density at radius 1 is 1.36 bits per heavy atom. The number of carboxylic acid groups (broad SMARTS) is 1. The minimum atomic E-state index is -1.22. The summed E-state index contributed by atoms with van der Waals surface area (Å²) in [6, 6.07) is 6.29. The van der Waals surface area contributed by atoms with E-state index in [9.17, 15) is 14.3 Å². The summed E-state index contributed by atoms with van der Waals surface area (Å²) in [7, 11) is 1.71. The number of hydrazone groups is 1. The molecule has 1 N–H and O–H groups in total. The smallest absolute Gasteiger partial charge is 0.428 e. The number of halogens is 2. The molecule has 6 nitrogen and oxygen atoms in total. The van der Waals surface area contributed by atoms with E-state index in [-0.39, 0.29) is 11.3 Å². The Labute approximate surface area is 154 Å². The average molecular weight is 411 g/mol. The van der Waals surface area contributed by atoms with Crippen LogP contribution in [0, 0.1) is 12.7 Å².